The second-order valence-electron chi connectivity index (χ2n) is 6.52. The molecule has 0 amide bonds. The molecule has 0 fully saturated rings. The topological polar surface area (TPSA) is 31.9 Å². The molecule has 3 aromatic rings. The molecule has 0 aliphatic heterocycles. The number of anilines is 1. The third kappa shape index (κ3) is 3.35. The quantitative estimate of drug-likeness (QED) is 0.679. The number of halogens is 1. The van der Waals surface area contributed by atoms with Gasteiger partial charge in [0.15, 0.2) is 0 Å². The van der Waals surface area contributed by atoms with Crippen molar-refractivity contribution in [3.63, 3.8) is 0 Å². The maximum atomic E-state index is 6.01. The van der Waals surface area contributed by atoms with Crippen molar-refractivity contribution in [1.29, 1.82) is 0 Å². The zero-order chi connectivity index (χ0) is 16.4. The Morgan fingerprint density at radius 2 is 1.87 bits per heavy atom. The van der Waals surface area contributed by atoms with E-state index in [0.29, 0.717) is 0 Å². The van der Waals surface area contributed by atoms with Crippen molar-refractivity contribution in [2.75, 3.05) is 4.90 Å². The summed E-state index contributed by atoms with van der Waals surface area (Å²) >= 11 is 6.01. The predicted molar refractivity (Wildman–Crippen MR) is 98.1 cm³/mol. The Morgan fingerprint density at radius 1 is 1.13 bits per heavy atom. The smallest absolute Gasteiger partial charge is 0.0651 e. The van der Waals surface area contributed by atoms with Crippen molar-refractivity contribution in [3.8, 4) is 0 Å². The van der Waals surface area contributed by atoms with Crippen LogP contribution in [0.4, 0.5) is 5.69 Å². The average molecular weight is 328 g/mol. The van der Waals surface area contributed by atoms with Crippen molar-refractivity contribution in [3.05, 3.63) is 59.2 Å². The molecule has 2 aromatic carbocycles. The van der Waals surface area contributed by atoms with Crippen LogP contribution < -0.4 is 4.90 Å². The van der Waals surface area contributed by atoms with Crippen molar-refractivity contribution < 1.29 is 0 Å². The van der Waals surface area contributed by atoms with Gasteiger partial charge >= 0.3 is 0 Å². The number of rotatable bonds is 5. The highest BCUT2D eigenvalue weighted by Gasteiger charge is 2.25. The van der Waals surface area contributed by atoms with Crippen LogP contribution in [0.1, 0.15) is 32.8 Å². The lowest BCUT2D eigenvalue weighted by molar-refractivity contribution is 0.442. The number of nitrogens with zero attached hydrogens (tertiary/aromatic N) is 2. The lowest BCUT2D eigenvalue weighted by Crippen LogP contribution is -2.43. The Bertz CT molecular complexity index is 790. The Morgan fingerprint density at radius 3 is 2.57 bits per heavy atom. The Hall–Kier alpha value is -2.00. The van der Waals surface area contributed by atoms with Gasteiger partial charge in [-0.3, -0.25) is 5.10 Å². The molecule has 1 aromatic heterocycles. The van der Waals surface area contributed by atoms with Crippen LogP contribution in [0.5, 0.6) is 0 Å². The maximum absolute atomic E-state index is 6.01. The molecule has 0 bridgehead atoms. The summed E-state index contributed by atoms with van der Waals surface area (Å²) in [6.07, 6.45) is 2.93. The van der Waals surface area contributed by atoms with E-state index in [1.807, 2.05) is 18.3 Å². The van der Waals surface area contributed by atoms with Crippen molar-refractivity contribution in [2.24, 2.45) is 0 Å². The summed E-state index contributed by atoms with van der Waals surface area (Å²) in [4.78, 5) is 2.45. The molecular formula is C19H22ClN3. The second-order valence-corrected chi connectivity index (χ2v) is 6.96. The molecule has 0 aliphatic carbocycles. The van der Waals surface area contributed by atoms with Gasteiger partial charge in [0.1, 0.15) is 0 Å². The highest BCUT2D eigenvalue weighted by molar-refractivity contribution is 6.30. The van der Waals surface area contributed by atoms with E-state index in [2.05, 4.69) is 66.2 Å². The molecule has 1 heterocycles. The number of aromatic amines is 1. The molecule has 0 atom stereocenters. The first-order chi connectivity index (χ1) is 11.0. The summed E-state index contributed by atoms with van der Waals surface area (Å²) in [5, 5.41) is 9.04. The third-order valence-electron chi connectivity index (χ3n) is 4.59. The van der Waals surface area contributed by atoms with Gasteiger partial charge in [-0.15, -0.1) is 0 Å². The molecule has 0 radical (unpaired) electrons. The van der Waals surface area contributed by atoms with E-state index in [4.69, 9.17) is 11.6 Å². The van der Waals surface area contributed by atoms with E-state index in [1.54, 1.807) is 0 Å². The van der Waals surface area contributed by atoms with Crippen molar-refractivity contribution in [2.45, 2.75) is 39.3 Å². The van der Waals surface area contributed by atoms with Crippen molar-refractivity contribution in [1.82, 2.24) is 10.2 Å². The maximum Gasteiger partial charge on any atom is 0.0651 e. The summed E-state index contributed by atoms with van der Waals surface area (Å²) in [6, 6.07) is 14.5. The van der Waals surface area contributed by atoms with Gasteiger partial charge in [0.25, 0.3) is 0 Å². The summed E-state index contributed by atoms with van der Waals surface area (Å²) in [5.41, 5.74) is 3.58. The Balaban J connectivity index is 1.99. The van der Waals surface area contributed by atoms with E-state index in [0.717, 1.165) is 28.9 Å². The SMILES string of the molecule is CCC(C)(C)N(Cc1ccc(Cl)cc1)c1ccc2[nH]ncc2c1. The lowest BCUT2D eigenvalue weighted by atomic mass is 9.97. The zero-order valence-electron chi connectivity index (χ0n) is 13.8. The molecule has 0 saturated carbocycles. The summed E-state index contributed by atoms with van der Waals surface area (Å²) in [6.45, 7) is 7.64. The van der Waals surface area contributed by atoms with E-state index in [1.165, 1.54) is 11.3 Å². The lowest BCUT2D eigenvalue weighted by Gasteiger charge is -2.40. The minimum absolute atomic E-state index is 0.0526. The van der Waals surface area contributed by atoms with Crippen molar-refractivity contribution >= 4 is 28.2 Å². The molecule has 3 nitrogen and oxygen atoms in total. The van der Waals surface area contributed by atoms with Gasteiger partial charge in [0.05, 0.1) is 11.7 Å². The van der Waals surface area contributed by atoms with Crippen LogP contribution >= 0.6 is 11.6 Å². The summed E-state index contributed by atoms with van der Waals surface area (Å²) in [7, 11) is 0. The van der Waals surface area contributed by atoms with Gasteiger partial charge < -0.3 is 4.90 Å². The molecule has 3 rings (SSSR count). The number of hydrogen-bond acceptors (Lipinski definition) is 2. The standard InChI is InChI=1S/C19H22ClN3/c1-4-19(2,3)23(13-14-5-7-16(20)8-6-14)17-9-10-18-15(11-17)12-21-22-18/h5-12H,4,13H2,1-3H3,(H,21,22). The fraction of sp³-hybridized carbons (Fsp3) is 0.316. The van der Waals surface area contributed by atoms with E-state index < -0.39 is 0 Å². The van der Waals surface area contributed by atoms with Gasteiger partial charge in [-0.05, 0) is 56.2 Å². The van der Waals surface area contributed by atoms with Crippen LogP contribution in [0.3, 0.4) is 0 Å². The Labute approximate surface area is 142 Å². The van der Waals surface area contributed by atoms with Gasteiger partial charge in [0.2, 0.25) is 0 Å². The largest absolute Gasteiger partial charge is 0.362 e. The molecule has 0 saturated heterocycles. The van der Waals surface area contributed by atoms with E-state index in [-0.39, 0.29) is 5.54 Å². The minimum Gasteiger partial charge on any atom is -0.362 e. The third-order valence-corrected chi connectivity index (χ3v) is 4.84. The first-order valence-corrected chi connectivity index (χ1v) is 8.32. The first-order valence-electron chi connectivity index (χ1n) is 7.95. The van der Waals surface area contributed by atoms with Crippen LogP contribution in [0.2, 0.25) is 5.02 Å². The second kappa shape index (κ2) is 6.25. The average Bonchev–Trinajstić information content (AvgIpc) is 3.01. The molecule has 0 spiro atoms. The monoisotopic (exact) mass is 327 g/mol. The number of fused-ring (bicyclic) bond motifs is 1. The van der Waals surface area contributed by atoms with Crippen LogP contribution in [0, 0.1) is 0 Å². The van der Waals surface area contributed by atoms with Gasteiger partial charge in [-0.25, -0.2) is 0 Å². The molecule has 0 aliphatic rings. The number of nitrogens with one attached hydrogen (secondary N) is 1. The predicted octanol–water partition coefficient (Wildman–Crippen LogP) is 5.41. The van der Waals surface area contributed by atoms with Gasteiger partial charge in [-0.2, -0.15) is 5.10 Å². The van der Waals surface area contributed by atoms with Gasteiger partial charge in [-0.1, -0.05) is 30.7 Å². The number of benzene rings is 2. The van der Waals surface area contributed by atoms with Crippen LogP contribution in [-0.4, -0.2) is 15.7 Å². The number of H-pyrrole nitrogens is 1. The molecule has 120 valence electrons. The molecule has 4 heteroatoms. The van der Waals surface area contributed by atoms with E-state index >= 15 is 0 Å². The molecular weight excluding hydrogens is 306 g/mol. The summed E-state index contributed by atoms with van der Waals surface area (Å²) < 4.78 is 0. The molecule has 23 heavy (non-hydrogen) atoms. The fourth-order valence-corrected chi connectivity index (χ4v) is 2.84. The first kappa shape index (κ1) is 15.9. The number of hydrogen-bond donors (Lipinski definition) is 1. The summed E-state index contributed by atoms with van der Waals surface area (Å²) in [5.74, 6) is 0. The normalized spacial score (nSPS) is 11.8. The highest BCUT2D eigenvalue weighted by atomic mass is 35.5. The van der Waals surface area contributed by atoms with Crippen LogP contribution in [0.15, 0.2) is 48.7 Å². The highest BCUT2D eigenvalue weighted by Crippen LogP contribution is 2.31. The fourth-order valence-electron chi connectivity index (χ4n) is 2.72. The molecule has 0 unspecified atom stereocenters. The van der Waals surface area contributed by atoms with Crippen LogP contribution in [0.25, 0.3) is 10.9 Å². The van der Waals surface area contributed by atoms with Gasteiger partial charge in [0, 0.05) is 28.2 Å². The zero-order valence-corrected chi connectivity index (χ0v) is 14.6. The van der Waals surface area contributed by atoms with Crippen LogP contribution in [-0.2, 0) is 6.54 Å². The number of aromatic nitrogens is 2. The van der Waals surface area contributed by atoms with E-state index in [9.17, 15) is 0 Å². The Kier molecular flexibility index (Phi) is 4.31. The minimum atomic E-state index is 0.0526. The molecule has 1 N–H and O–H groups in total.